The molecule has 0 bridgehead atoms. The average molecular weight is 310 g/mol. The maximum atomic E-state index is 13.6. The lowest BCUT2D eigenvalue weighted by Gasteiger charge is -2.38. The molecule has 1 aromatic rings. The number of nitrogens with zero attached hydrogens (tertiary/aromatic N) is 1. The average Bonchev–Trinajstić information content (AvgIpc) is 2.36. The van der Waals surface area contributed by atoms with Crippen LogP contribution in [-0.2, 0) is 0 Å². The van der Waals surface area contributed by atoms with Gasteiger partial charge in [0.2, 0.25) is 0 Å². The molecule has 1 atom stereocenters. The van der Waals surface area contributed by atoms with Gasteiger partial charge in [0.15, 0.2) is 0 Å². The summed E-state index contributed by atoms with van der Waals surface area (Å²) in [4.78, 5) is 11.5. The highest BCUT2D eigenvalue weighted by molar-refractivity contribution is 5.88. The minimum Gasteiger partial charge on any atom is -0.477 e. The van der Waals surface area contributed by atoms with E-state index in [1.165, 1.54) is 0 Å². The minimum absolute atomic E-state index is 0.102. The topological polar surface area (TPSA) is 52.6 Å². The molecule has 0 aliphatic carbocycles. The molecule has 116 valence electrons. The number of hydrogen-bond donors (Lipinski definition) is 2. The van der Waals surface area contributed by atoms with Crippen LogP contribution in [0.25, 0.3) is 0 Å². The lowest BCUT2D eigenvalue weighted by atomic mass is 10.1. The number of piperazine rings is 1. The minimum atomic E-state index is -4.58. The molecular weight excluding hydrogens is 299 g/mol. The van der Waals surface area contributed by atoms with Crippen LogP contribution in [0.2, 0.25) is 0 Å². The third-order valence-corrected chi connectivity index (χ3v) is 3.19. The number of nitrogens with one attached hydrogen (secondary N) is 1. The number of anilines is 1. The highest BCUT2D eigenvalue weighted by Crippen LogP contribution is 2.31. The van der Waals surface area contributed by atoms with Crippen molar-refractivity contribution in [3.63, 3.8) is 0 Å². The van der Waals surface area contributed by atoms with Gasteiger partial charge >= 0.3 is 12.1 Å². The van der Waals surface area contributed by atoms with E-state index >= 15 is 0 Å². The van der Waals surface area contributed by atoms with Crippen molar-refractivity contribution < 1.29 is 31.9 Å². The number of rotatable bonds is 2. The molecule has 0 saturated carbocycles. The molecule has 1 aromatic carbocycles. The SMILES string of the molecule is O=C(O)c1c(F)cc(N2CCNC[C@@H]2C(F)(F)F)cc1F. The third kappa shape index (κ3) is 3.07. The molecule has 0 aromatic heterocycles. The van der Waals surface area contributed by atoms with Crippen LogP contribution in [0.4, 0.5) is 27.6 Å². The molecule has 21 heavy (non-hydrogen) atoms. The van der Waals surface area contributed by atoms with Crippen molar-refractivity contribution in [3.05, 3.63) is 29.3 Å². The van der Waals surface area contributed by atoms with E-state index < -0.39 is 41.9 Å². The Balaban J connectivity index is 2.43. The van der Waals surface area contributed by atoms with Crippen molar-refractivity contribution in [2.75, 3.05) is 24.5 Å². The quantitative estimate of drug-likeness (QED) is 0.821. The van der Waals surface area contributed by atoms with Gasteiger partial charge in [-0.05, 0) is 12.1 Å². The van der Waals surface area contributed by atoms with E-state index in [0.29, 0.717) is 12.1 Å². The number of halogens is 5. The largest absolute Gasteiger partial charge is 0.477 e. The van der Waals surface area contributed by atoms with Gasteiger partial charge in [-0.1, -0.05) is 0 Å². The van der Waals surface area contributed by atoms with Crippen molar-refractivity contribution in [2.45, 2.75) is 12.2 Å². The molecule has 0 spiro atoms. The van der Waals surface area contributed by atoms with Gasteiger partial charge in [-0.3, -0.25) is 0 Å². The summed E-state index contributed by atoms with van der Waals surface area (Å²) in [6.45, 7) is -0.292. The summed E-state index contributed by atoms with van der Waals surface area (Å²) in [6.07, 6.45) is -4.58. The van der Waals surface area contributed by atoms with Crippen LogP contribution in [0.5, 0.6) is 0 Å². The normalized spacial score (nSPS) is 19.7. The zero-order chi connectivity index (χ0) is 15.8. The summed E-state index contributed by atoms with van der Waals surface area (Å²) >= 11 is 0. The second-order valence-electron chi connectivity index (χ2n) is 4.54. The summed E-state index contributed by atoms with van der Waals surface area (Å²) in [7, 11) is 0. The first-order valence-corrected chi connectivity index (χ1v) is 5.98. The molecule has 1 fully saturated rings. The highest BCUT2D eigenvalue weighted by atomic mass is 19.4. The van der Waals surface area contributed by atoms with Gasteiger partial charge in [-0.2, -0.15) is 13.2 Å². The highest BCUT2D eigenvalue weighted by Gasteiger charge is 2.45. The monoisotopic (exact) mass is 310 g/mol. The maximum absolute atomic E-state index is 13.6. The Labute approximate surface area is 116 Å². The fourth-order valence-corrected chi connectivity index (χ4v) is 2.24. The van der Waals surface area contributed by atoms with Crippen LogP contribution in [0, 0.1) is 11.6 Å². The second kappa shape index (κ2) is 5.47. The Kier molecular flexibility index (Phi) is 4.04. The number of carboxylic acid groups (broad SMARTS) is 1. The molecule has 0 radical (unpaired) electrons. The lowest BCUT2D eigenvalue weighted by molar-refractivity contribution is -0.149. The van der Waals surface area contributed by atoms with Crippen LogP contribution >= 0.6 is 0 Å². The van der Waals surface area contributed by atoms with Crippen LogP contribution in [0.15, 0.2) is 12.1 Å². The molecule has 9 heteroatoms. The van der Waals surface area contributed by atoms with E-state index in [9.17, 15) is 26.7 Å². The summed E-state index contributed by atoms with van der Waals surface area (Å²) in [6, 6.07) is -0.714. The lowest BCUT2D eigenvalue weighted by Crippen LogP contribution is -2.58. The van der Waals surface area contributed by atoms with Crippen molar-refractivity contribution in [1.82, 2.24) is 5.32 Å². The molecule has 1 aliphatic heterocycles. The van der Waals surface area contributed by atoms with E-state index in [-0.39, 0.29) is 18.8 Å². The molecule has 2 rings (SSSR count). The molecule has 1 saturated heterocycles. The Hall–Kier alpha value is -1.90. The first-order chi connectivity index (χ1) is 9.71. The summed E-state index contributed by atoms with van der Waals surface area (Å²) in [5.41, 5.74) is -1.52. The van der Waals surface area contributed by atoms with E-state index in [4.69, 9.17) is 5.11 Å². The third-order valence-electron chi connectivity index (χ3n) is 3.19. The number of carboxylic acids is 1. The first kappa shape index (κ1) is 15.5. The fraction of sp³-hybridized carbons (Fsp3) is 0.417. The molecular formula is C12H11F5N2O2. The van der Waals surface area contributed by atoms with Gasteiger partial charge < -0.3 is 15.3 Å². The van der Waals surface area contributed by atoms with Gasteiger partial charge in [0.05, 0.1) is 0 Å². The molecule has 1 aliphatic rings. The zero-order valence-electron chi connectivity index (χ0n) is 10.5. The summed E-state index contributed by atoms with van der Waals surface area (Å²) in [5, 5.41) is 11.2. The molecule has 0 unspecified atom stereocenters. The van der Waals surface area contributed by atoms with E-state index in [0.717, 1.165) is 4.90 Å². The van der Waals surface area contributed by atoms with Crippen molar-refractivity contribution >= 4 is 11.7 Å². The Morgan fingerprint density at radius 2 is 1.86 bits per heavy atom. The summed E-state index contributed by atoms with van der Waals surface area (Å²) in [5.74, 6) is -4.63. The Morgan fingerprint density at radius 3 is 2.33 bits per heavy atom. The molecule has 4 nitrogen and oxygen atoms in total. The van der Waals surface area contributed by atoms with E-state index in [1.54, 1.807) is 0 Å². The Morgan fingerprint density at radius 1 is 1.29 bits per heavy atom. The molecule has 2 N–H and O–H groups in total. The van der Waals surface area contributed by atoms with E-state index in [2.05, 4.69) is 5.32 Å². The van der Waals surface area contributed by atoms with Gasteiger partial charge in [-0.15, -0.1) is 0 Å². The predicted molar refractivity (Wildman–Crippen MR) is 63.4 cm³/mol. The smallest absolute Gasteiger partial charge is 0.409 e. The van der Waals surface area contributed by atoms with Crippen LogP contribution in [0.1, 0.15) is 10.4 Å². The van der Waals surface area contributed by atoms with E-state index in [1.807, 2.05) is 0 Å². The van der Waals surface area contributed by atoms with Crippen LogP contribution in [-0.4, -0.2) is 42.9 Å². The van der Waals surface area contributed by atoms with Crippen molar-refractivity contribution in [3.8, 4) is 0 Å². The van der Waals surface area contributed by atoms with Gasteiger partial charge in [0, 0.05) is 25.3 Å². The molecule has 0 amide bonds. The second-order valence-corrected chi connectivity index (χ2v) is 4.54. The number of alkyl halides is 3. The van der Waals surface area contributed by atoms with Gasteiger partial charge in [0.1, 0.15) is 23.2 Å². The summed E-state index contributed by atoms with van der Waals surface area (Å²) < 4.78 is 66.0. The number of hydrogen-bond acceptors (Lipinski definition) is 3. The van der Waals surface area contributed by atoms with Crippen LogP contribution in [0.3, 0.4) is 0 Å². The van der Waals surface area contributed by atoms with Crippen molar-refractivity contribution in [1.29, 1.82) is 0 Å². The van der Waals surface area contributed by atoms with Crippen LogP contribution < -0.4 is 10.2 Å². The number of benzene rings is 1. The maximum Gasteiger partial charge on any atom is 0.409 e. The van der Waals surface area contributed by atoms with Gasteiger partial charge in [0.25, 0.3) is 0 Å². The standard InChI is InChI=1S/C12H11F5N2O2/c13-7-3-6(4-8(14)10(7)11(20)21)19-2-1-18-5-9(19)12(15,16)17/h3-4,9,18H,1-2,5H2,(H,20,21)/t9-/m1/s1. The number of carbonyl (C=O) groups is 1. The first-order valence-electron chi connectivity index (χ1n) is 5.98. The number of aromatic carboxylic acids is 1. The fourth-order valence-electron chi connectivity index (χ4n) is 2.24. The van der Waals surface area contributed by atoms with Gasteiger partial charge in [-0.25, -0.2) is 13.6 Å². The van der Waals surface area contributed by atoms with Crippen molar-refractivity contribution in [2.24, 2.45) is 0 Å². The zero-order valence-corrected chi connectivity index (χ0v) is 10.5. The molecule has 1 heterocycles. The predicted octanol–water partition coefficient (Wildman–Crippen LogP) is 2.00. The Bertz CT molecular complexity index is 538.